The summed E-state index contributed by atoms with van der Waals surface area (Å²) in [5, 5.41) is 10.6. The lowest BCUT2D eigenvalue weighted by molar-refractivity contribution is -0.0469. The second kappa shape index (κ2) is 3.74. The molecule has 2 atom stereocenters. The van der Waals surface area contributed by atoms with Crippen LogP contribution in [-0.2, 0) is 5.60 Å². The molecule has 1 N–H and O–H groups in total. The van der Waals surface area contributed by atoms with Gasteiger partial charge in [0.1, 0.15) is 0 Å². The van der Waals surface area contributed by atoms with Gasteiger partial charge in [0.2, 0.25) is 0 Å². The van der Waals surface area contributed by atoms with Crippen LogP contribution in [0.15, 0.2) is 30.3 Å². The SMILES string of the molecule is C[C@H]1CCCC[C@]1(O)c1ccccc1. The molecule has 0 aliphatic heterocycles. The van der Waals surface area contributed by atoms with Crippen LogP contribution < -0.4 is 0 Å². The highest BCUT2D eigenvalue weighted by atomic mass is 16.3. The minimum atomic E-state index is -0.570. The molecule has 76 valence electrons. The van der Waals surface area contributed by atoms with E-state index in [1.54, 1.807) is 0 Å². The van der Waals surface area contributed by atoms with Crippen LogP contribution >= 0.6 is 0 Å². The second-order valence-corrected chi connectivity index (χ2v) is 4.44. The molecule has 1 fully saturated rings. The molecule has 2 rings (SSSR count). The fourth-order valence-electron chi connectivity index (χ4n) is 2.49. The molecule has 1 aliphatic carbocycles. The Labute approximate surface area is 85.8 Å². The summed E-state index contributed by atoms with van der Waals surface area (Å²) in [7, 11) is 0. The van der Waals surface area contributed by atoms with Gasteiger partial charge in [-0.3, -0.25) is 0 Å². The zero-order chi connectivity index (χ0) is 10.0. The number of rotatable bonds is 1. The summed E-state index contributed by atoms with van der Waals surface area (Å²) in [6.45, 7) is 2.16. The number of benzene rings is 1. The Hall–Kier alpha value is -0.820. The van der Waals surface area contributed by atoms with E-state index in [1.165, 1.54) is 6.42 Å². The van der Waals surface area contributed by atoms with E-state index in [9.17, 15) is 5.11 Å². The molecule has 0 aromatic heterocycles. The Morgan fingerprint density at radius 1 is 1.21 bits per heavy atom. The summed E-state index contributed by atoms with van der Waals surface area (Å²) in [4.78, 5) is 0. The van der Waals surface area contributed by atoms with Crippen molar-refractivity contribution < 1.29 is 5.11 Å². The summed E-state index contributed by atoms with van der Waals surface area (Å²) in [5.41, 5.74) is 0.520. The molecule has 0 unspecified atom stereocenters. The van der Waals surface area contributed by atoms with Crippen molar-refractivity contribution >= 4 is 0 Å². The summed E-state index contributed by atoms with van der Waals surface area (Å²) < 4.78 is 0. The minimum Gasteiger partial charge on any atom is -0.385 e. The Bertz CT molecular complexity index is 293. The maximum absolute atomic E-state index is 10.6. The molecule has 0 saturated heterocycles. The Balaban J connectivity index is 2.30. The van der Waals surface area contributed by atoms with Gasteiger partial charge in [0.05, 0.1) is 5.60 Å². The molecule has 1 nitrogen and oxygen atoms in total. The first-order chi connectivity index (χ1) is 6.73. The van der Waals surface area contributed by atoms with Gasteiger partial charge in [-0.15, -0.1) is 0 Å². The highest BCUT2D eigenvalue weighted by Gasteiger charge is 2.37. The first-order valence-electron chi connectivity index (χ1n) is 5.51. The van der Waals surface area contributed by atoms with Gasteiger partial charge in [-0.05, 0) is 24.3 Å². The average molecular weight is 190 g/mol. The molecule has 0 bridgehead atoms. The van der Waals surface area contributed by atoms with E-state index in [0.29, 0.717) is 5.92 Å². The first-order valence-corrected chi connectivity index (χ1v) is 5.51. The molecule has 1 aromatic rings. The molecule has 0 spiro atoms. The van der Waals surface area contributed by atoms with E-state index in [-0.39, 0.29) is 0 Å². The normalized spacial score (nSPS) is 32.9. The highest BCUT2D eigenvalue weighted by Crippen LogP contribution is 2.41. The average Bonchev–Trinajstić information content (AvgIpc) is 2.24. The van der Waals surface area contributed by atoms with E-state index >= 15 is 0 Å². The van der Waals surface area contributed by atoms with Crippen molar-refractivity contribution in [2.75, 3.05) is 0 Å². The van der Waals surface area contributed by atoms with Gasteiger partial charge in [0.25, 0.3) is 0 Å². The number of hydrogen-bond acceptors (Lipinski definition) is 1. The molecular weight excluding hydrogens is 172 g/mol. The fraction of sp³-hybridized carbons (Fsp3) is 0.538. The fourth-order valence-corrected chi connectivity index (χ4v) is 2.49. The molecule has 0 amide bonds. The zero-order valence-electron chi connectivity index (χ0n) is 8.74. The van der Waals surface area contributed by atoms with Gasteiger partial charge in [-0.2, -0.15) is 0 Å². The minimum absolute atomic E-state index is 0.388. The lowest BCUT2D eigenvalue weighted by Crippen LogP contribution is -2.36. The third-order valence-corrected chi connectivity index (χ3v) is 3.53. The van der Waals surface area contributed by atoms with Crippen molar-refractivity contribution in [3.63, 3.8) is 0 Å². The molecule has 0 radical (unpaired) electrons. The molecule has 14 heavy (non-hydrogen) atoms. The Kier molecular flexibility index (Phi) is 2.60. The van der Waals surface area contributed by atoms with E-state index in [4.69, 9.17) is 0 Å². The third kappa shape index (κ3) is 1.57. The maximum atomic E-state index is 10.6. The van der Waals surface area contributed by atoms with Crippen molar-refractivity contribution in [2.24, 2.45) is 5.92 Å². The summed E-state index contributed by atoms with van der Waals surface area (Å²) >= 11 is 0. The third-order valence-electron chi connectivity index (χ3n) is 3.53. The van der Waals surface area contributed by atoms with Crippen LogP contribution in [-0.4, -0.2) is 5.11 Å². The Morgan fingerprint density at radius 3 is 2.57 bits per heavy atom. The van der Waals surface area contributed by atoms with Crippen molar-refractivity contribution in [1.82, 2.24) is 0 Å². The lowest BCUT2D eigenvalue weighted by Gasteiger charge is -2.38. The highest BCUT2D eigenvalue weighted by molar-refractivity contribution is 5.23. The molecule has 1 aromatic carbocycles. The van der Waals surface area contributed by atoms with E-state index in [1.807, 2.05) is 30.3 Å². The van der Waals surface area contributed by atoms with Crippen LogP contribution in [0.1, 0.15) is 38.2 Å². The molecule has 1 heteroatoms. The monoisotopic (exact) mass is 190 g/mol. The molecule has 0 heterocycles. The van der Waals surface area contributed by atoms with Crippen molar-refractivity contribution in [2.45, 2.75) is 38.2 Å². The van der Waals surface area contributed by atoms with E-state index < -0.39 is 5.60 Å². The van der Waals surface area contributed by atoms with Crippen molar-refractivity contribution in [3.8, 4) is 0 Å². The molecule has 1 aliphatic rings. The lowest BCUT2D eigenvalue weighted by atomic mass is 9.72. The van der Waals surface area contributed by atoms with Crippen LogP contribution in [0.4, 0.5) is 0 Å². The smallest absolute Gasteiger partial charge is 0.0921 e. The van der Waals surface area contributed by atoms with Gasteiger partial charge in [-0.1, -0.05) is 50.1 Å². The summed E-state index contributed by atoms with van der Waals surface area (Å²) in [6, 6.07) is 10.1. The van der Waals surface area contributed by atoms with Crippen LogP contribution in [0.2, 0.25) is 0 Å². The van der Waals surface area contributed by atoms with Crippen molar-refractivity contribution in [1.29, 1.82) is 0 Å². The standard InChI is InChI=1S/C13H18O/c1-11-7-5-6-10-13(11,14)12-8-3-2-4-9-12/h2-4,8-9,11,14H,5-7,10H2,1H3/t11-,13+/m0/s1. The molecule has 1 saturated carbocycles. The van der Waals surface area contributed by atoms with Crippen LogP contribution in [0.5, 0.6) is 0 Å². The quantitative estimate of drug-likeness (QED) is 0.721. The van der Waals surface area contributed by atoms with Crippen LogP contribution in [0.25, 0.3) is 0 Å². The van der Waals surface area contributed by atoms with Gasteiger partial charge in [0.15, 0.2) is 0 Å². The summed E-state index contributed by atoms with van der Waals surface area (Å²) in [6.07, 6.45) is 4.47. The second-order valence-electron chi connectivity index (χ2n) is 4.44. The topological polar surface area (TPSA) is 20.2 Å². The zero-order valence-corrected chi connectivity index (χ0v) is 8.74. The van der Waals surface area contributed by atoms with Gasteiger partial charge in [-0.25, -0.2) is 0 Å². The van der Waals surface area contributed by atoms with Crippen LogP contribution in [0, 0.1) is 5.92 Å². The number of aliphatic hydroxyl groups is 1. The van der Waals surface area contributed by atoms with E-state index in [0.717, 1.165) is 24.8 Å². The molecular formula is C13H18O. The predicted octanol–water partition coefficient (Wildman–Crippen LogP) is 3.08. The van der Waals surface area contributed by atoms with Gasteiger partial charge >= 0.3 is 0 Å². The van der Waals surface area contributed by atoms with Gasteiger partial charge < -0.3 is 5.11 Å². The number of hydrogen-bond donors (Lipinski definition) is 1. The predicted molar refractivity (Wildman–Crippen MR) is 58.0 cm³/mol. The van der Waals surface area contributed by atoms with Gasteiger partial charge in [0, 0.05) is 0 Å². The van der Waals surface area contributed by atoms with Crippen LogP contribution in [0.3, 0.4) is 0 Å². The van der Waals surface area contributed by atoms with E-state index in [2.05, 4.69) is 6.92 Å². The Morgan fingerprint density at radius 2 is 1.93 bits per heavy atom. The maximum Gasteiger partial charge on any atom is 0.0921 e. The first kappa shape index (κ1) is 9.72. The largest absolute Gasteiger partial charge is 0.385 e. The van der Waals surface area contributed by atoms with Crippen molar-refractivity contribution in [3.05, 3.63) is 35.9 Å². The summed E-state index contributed by atoms with van der Waals surface area (Å²) in [5.74, 6) is 0.388.